The van der Waals surface area contributed by atoms with E-state index in [2.05, 4.69) is 21.2 Å². The van der Waals surface area contributed by atoms with Gasteiger partial charge in [-0.2, -0.15) is 0 Å². The molecule has 1 aliphatic heterocycles. The fourth-order valence-electron chi connectivity index (χ4n) is 2.06. The molecule has 4 nitrogen and oxygen atoms in total. The van der Waals surface area contributed by atoms with Gasteiger partial charge in [0.05, 0.1) is 6.10 Å². The van der Waals surface area contributed by atoms with Gasteiger partial charge in [-0.1, -0.05) is 15.9 Å². The van der Waals surface area contributed by atoms with Crippen molar-refractivity contribution in [3.8, 4) is 0 Å². The smallest absolute Gasteiger partial charge is 0.251 e. The van der Waals surface area contributed by atoms with Crippen molar-refractivity contribution in [2.24, 2.45) is 0 Å². The predicted molar refractivity (Wildman–Crippen MR) is 74.5 cm³/mol. The molecule has 5 heteroatoms. The van der Waals surface area contributed by atoms with Crippen LogP contribution in [0.25, 0.3) is 0 Å². The fourth-order valence-corrected chi connectivity index (χ4v) is 2.58. The van der Waals surface area contributed by atoms with Gasteiger partial charge in [-0.25, -0.2) is 0 Å². The Morgan fingerprint density at radius 2 is 2.33 bits per heavy atom. The van der Waals surface area contributed by atoms with E-state index in [1.165, 1.54) is 0 Å². The third-order valence-corrected chi connectivity index (χ3v) is 3.42. The Kier molecular flexibility index (Phi) is 4.60. The van der Waals surface area contributed by atoms with Gasteiger partial charge >= 0.3 is 0 Å². The van der Waals surface area contributed by atoms with E-state index >= 15 is 0 Å². The Morgan fingerprint density at radius 1 is 1.50 bits per heavy atom. The van der Waals surface area contributed by atoms with Crippen LogP contribution in [0.5, 0.6) is 0 Å². The van der Waals surface area contributed by atoms with E-state index < -0.39 is 0 Å². The summed E-state index contributed by atoms with van der Waals surface area (Å²) in [6.45, 7) is 1.48. The molecule has 0 bridgehead atoms. The molecule has 1 atom stereocenters. The molecule has 1 unspecified atom stereocenters. The molecule has 1 heterocycles. The van der Waals surface area contributed by atoms with E-state index in [0.29, 0.717) is 23.9 Å². The standard InChI is InChI=1S/C13H17BrN2O2/c14-10-6-9(7-11(15)8-10)13(17)16-4-3-12-2-1-5-18-12/h6-8,12H,1-5,15H2,(H,16,17). The molecule has 3 N–H and O–H groups in total. The maximum Gasteiger partial charge on any atom is 0.251 e. The first-order valence-electron chi connectivity index (χ1n) is 6.11. The van der Waals surface area contributed by atoms with Gasteiger partial charge in [-0.3, -0.25) is 4.79 Å². The molecule has 0 aliphatic carbocycles. The van der Waals surface area contributed by atoms with Gasteiger partial charge in [0.15, 0.2) is 0 Å². The first kappa shape index (κ1) is 13.4. The minimum atomic E-state index is -0.0963. The number of nitrogens with one attached hydrogen (secondary N) is 1. The number of carbonyl (C=O) groups excluding carboxylic acids is 1. The Hall–Kier alpha value is -1.07. The van der Waals surface area contributed by atoms with Crippen molar-refractivity contribution >= 4 is 27.5 Å². The van der Waals surface area contributed by atoms with Crippen LogP contribution in [-0.2, 0) is 4.74 Å². The highest BCUT2D eigenvalue weighted by molar-refractivity contribution is 9.10. The number of anilines is 1. The van der Waals surface area contributed by atoms with Crippen LogP contribution in [0, 0.1) is 0 Å². The fraction of sp³-hybridized carbons (Fsp3) is 0.462. The SMILES string of the molecule is Nc1cc(Br)cc(C(=O)NCCC2CCCO2)c1. The van der Waals surface area contributed by atoms with Crippen LogP contribution in [0.4, 0.5) is 5.69 Å². The summed E-state index contributed by atoms with van der Waals surface area (Å²) in [5, 5.41) is 2.88. The summed E-state index contributed by atoms with van der Waals surface area (Å²) in [5.74, 6) is -0.0963. The lowest BCUT2D eigenvalue weighted by Crippen LogP contribution is -2.27. The highest BCUT2D eigenvalue weighted by atomic mass is 79.9. The van der Waals surface area contributed by atoms with E-state index in [0.717, 1.165) is 30.3 Å². The number of carbonyl (C=O) groups is 1. The number of nitrogens with two attached hydrogens (primary N) is 1. The summed E-state index contributed by atoms with van der Waals surface area (Å²) in [6.07, 6.45) is 3.40. The minimum absolute atomic E-state index is 0.0963. The predicted octanol–water partition coefficient (Wildman–Crippen LogP) is 2.33. The van der Waals surface area contributed by atoms with E-state index in [9.17, 15) is 4.79 Å². The lowest BCUT2D eigenvalue weighted by atomic mass is 10.1. The van der Waals surface area contributed by atoms with Crippen molar-refractivity contribution in [2.75, 3.05) is 18.9 Å². The van der Waals surface area contributed by atoms with E-state index in [4.69, 9.17) is 10.5 Å². The van der Waals surface area contributed by atoms with Crippen LogP contribution in [0.15, 0.2) is 22.7 Å². The third kappa shape index (κ3) is 3.71. The lowest BCUT2D eigenvalue weighted by Gasteiger charge is -2.10. The average Bonchev–Trinajstić information content (AvgIpc) is 2.80. The minimum Gasteiger partial charge on any atom is -0.399 e. The van der Waals surface area contributed by atoms with Gasteiger partial charge in [0.2, 0.25) is 0 Å². The molecule has 1 fully saturated rings. The van der Waals surface area contributed by atoms with Gasteiger partial charge in [0.1, 0.15) is 0 Å². The number of benzene rings is 1. The second kappa shape index (κ2) is 6.20. The Bertz CT molecular complexity index is 411. The number of ether oxygens (including phenoxy) is 1. The summed E-state index contributed by atoms with van der Waals surface area (Å²) in [6, 6.07) is 5.20. The number of nitrogen functional groups attached to an aromatic ring is 1. The largest absolute Gasteiger partial charge is 0.399 e. The van der Waals surface area contributed by atoms with Crippen molar-refractivity contribution in [3.05, 3.63) is 28.2 Å². The lowest BCUT2D eigenvalue weighted by molar-refractivity contribution is 0.0907. The molecule has 2 rings (SSSR count). The maximum absolute atomic E-state index is 11.9. The molecule has 0 radical (unpaired) electrons. The third-order valence-electron chi connectivity index (χ3n) is 2.96. The van der Waals surface area contributed by atoms with Gasteiger partial charge in [0.25, 0.3) is 5.91 Å². The molecule has 0 aromatic heterocycles. The van der Waals surface area contributed by atoms with Gasteiger partial charge < -0.3 is 15.8 Å². The zero-order valence-corrected chi connectivity index (χ0v) is 11.7. The summed E-state index contributed by atoms with van der Waals surface area (Å²) >= 11 is 3.32. The summed E-state index contributed by atoms with van der Waals surface area (Å²) in [4.78, 5) is 11.9. The molecule has 18 heavy (non-hydrogen) atoms. The molecule has 0 spiro atoms. The zero-order chi connectivity index (χ0) is 13.0. The Morgan fingerprint density at radius 3 is 3.00 bits per heavy atom. The molecule has 1 aliphatic rings. The van der Waals surface area contributed by atoms with E-state index in [1.807, 2.05) is 0 Å². The van der Waals surface area contributed by atoms with Gasteiger partial charge in [0, 0.05) is 28.9 Å². The average molecular weight is 313 g/mol. The molecule has 0 saturated carbocycles. The molecular formula is C13H17BrN2O2. The van der Waals surface area contributed by atoms with Crippen LogP contribution in [0.3, 0.4) is 0 Å². The van der Waals surface area contributed by atoms with Crippen molar-refractivity contribution < 1.29 is 9.53 Å². The molecule has 1 amide bonds. The first-order chi connectivity index (χ1) is 8.65. The zero-order valence-electron chi connectivity index (χ0n) is 10.1. The normalized spacial score (nSPS) is 18.8. The summed E-state index contributed by atoms with van der Waals surface area (Å²) in [7, 11) is 0. The maximum atomic E-state index is 11.9. The number of hydrogen-bond acceptors (Lipinski definition) is 3. The number of halogens is 1. The van der Waals surface area contributed by atoms with E-state index in [1.54, 1.807) is 18.2 Å². The molecular weight excluding hydrogens is 296 g/mol. The monoisotopic (exact) mass is 312 g/mol. The summed E-state index contributed by atoms with van der Waals surface area (Å²) < 4.78 is 6.31. The van der Waals surface area contributed by atoms with Crippen LogP contribution in [-0.4, -0.2) is 25.2 Å². The molecule has 1 aromatic rings. The second-order valence-electron chi connectivity index (χ2n) is 4.45. The van der Waals surface area contributed by atoms with Crippen molar-refractivity contribution in [1.82, 2.24) is 5.32 Å². The Balaban J connectivity index is 1.83. The van der Waals surface area contributed by atoms with Crippen LogP contribution >= 0.6 is 15.9 Å². The van der Waals surface area contributed by atoms with Crippen LogP contribution < -0.4 is 11.1 Å². The van der Waals surface area contributed by atoms with Crippen LogP contribution in [0.2, 0.25) is 0 Å². The molecule has 98 valence electrons. The highest BCUT2D eigenvalue weighted by Gasteiger charge is 2.15. The quantitative estimate of drug-likeness (QED) is 0.839. The summed E-state index contributed by atoms with van der Waals surface area (Å²) in [5.41, 5.74) is 6.85. The van der Waals surface area contributed by atoms with Crippen molar-refractivity contribution in [3.63, 3.8) is 0 Å². The highest BCUT2D eigenvalue weighted by Crippen LogP contribution is 2.17. The van der Waals surface area contributed by atoms with Crippen LogP contribution in [0.1, 0.15) is 29.6 Å². The first-order valence-corrected chi connectivity index (χ1v) is 6.90. The van der Waals surface area contributed by atoms with E-state index in [-0.39, 0.29) is 5.91 Å². The topological polar surface area (TPSA) is 64.4 Å². The number of amides is 1. The van der Waals surface area contributed by atoms with Gasteiger partial charge in [-0.15, -0.1) is 0 Å². The molecule has 1 aromatic carbocycles. The number of rotatable bonds is 4. The van der Waals surface area contributed by atoms with Crippen molar-refractivity contribution in [2.45, 2.75) is 25.4 Å². The second-order valence-corrected chi connectivity index (χ2v) is 5.37. The van der Waals surface area contributed by atoms with Gasteiger partial charge in [-0.05, 0) is 37.5 Å². The number of hydrogen-bond donors (Lipinski definition) is 2. The Labute approximate surface area is 115 Å². The molecule has 1 saturated heterocycles. The van der Waals surface area contributed by atoms with Crippen molar-refractivity contribution in [1.29, 1.82) is 0 Å².